The molecule has 0 bridgehead atoms. The monoisotopic (exact) mass is 447 g/mol. The molecule has 2 N–H and O–H groups in total. The molecule has 6 nitrogen and oxygen atoms in total. The first kappa shape index (κ1) is 23.2. The van der Waals surface area contributed by atoms with E-state index >= 15 is 0 Å². The van der Waals surface area contributed by atoms with Crippen LogP contribution in [0.2, 0.25) is 0 Å². The van der Waals surface area contributed by atoms with Crippen molar-refractivity contribution in [1.29, 1.82) is 0 Å². The summed E-state index contributed by atoms with van der Waals surface area (Å²) in [5, 5.41) is 7.89. The van der Waals surface area contributed by atoms with Crippen LogP contribution in [0.15, 0.2) is 48.5 Å². The van der Waals surface area contributed by atoms with Crippen LogP contribution >= 0.6 is 0 Å². The molecule has 4 rings (SSSR count). The van der Waals surface area contributed by atoms with Gasteiger partial charge in [0, 0.05) is 60.3 Å². The zero-order chi connectivity index (χ0) is 23.4. The van der Waals surface area contributed by atoms with E-state index < -0.39 is 0 Å². The van der Waals surface area contributed by atoms with Gasteiger partial charge < -0.3 is 19.9 Å². The summed E-state index contributed by atoms with van der Waals surface area (Å²) < 4.78 is 7.07. The van der Waals surface area contributed by atoms with E-state index in [4.69, 9.17) is 4.74 Å². The van der Waals surface area contributed by atoms with Crippen LogP contribution in [0.3, 0.4) is 0 Å². The molecule has 0 aliphatic heterocycles. The number of carbonyl (C=O) groups is 2. The number of rotatable bonds is 9. The summed E-state index contributed by atoms with van der Waals surface area (Å²) in [4.78, 5) is 25.2. The molecular weight excluding hydrogens is 414 g/mol. The van der Waals surface area contributed by atoms with Gasteiger partial charge in [0.15, 0.2) is 5.78 Å². The van der Waals surface area contributed by atoms with Gasteiger partial charge in [0.25, 0.3) is 0 Å². The first-order valence-corrected chi connectivity index (χ1v) is 11.7. The second-order valence-corrected chi connectivity index (χ2v) is 9.03. The van der Waals surface area contributed by atoms with Gasteiger partial charge >= 0.3 is 5.97 Å². The Hall–Kier alpha value is -2.96. The van der Waals surface area contributed by atoms with Crippen LogP contribution in [-0.2, 0) is 17.7 Å². The standard InChI is InChI=1S/C27H33N3O3/c1-18(2)29-15-14-28-16-21-12-13-24-25(26(21)31)22-6-4-5-7-23(22)30(24)17-19-8-10-20(11-9-19)27(32)33-3/h4-11,18,21,28-29H,12-17H2,1-3H3. The van der Waals surface area contributed by atoms with Crippen molar-refractivity contribution in [2.45, 2.75) is 39.3 Å². The van der Waals surface area contributed by atoms with Crippen LogP contribution in [-0.4, -0.2) is 49.1 Å². The lowest BCUT2D eigenvalue weighted by Gasteiger charge is -2.23. The van der Waals surface area contributed by atoms with Gasteiger partial charge in [-0.25, -0.2) is 4.79 Å². The van der Waals surface area contributed by atoms with Gasteiger partial charge in [-0.2, -0.15) is 0 Å². The molecule has 6 heteroatoms. The second-order valence-electron chi connectivity index (χ2n) is 9.03. The third kappa shape index (κ3) is 5.02. The number of para-hydroxylation sites is 1. The normalized spacial score (nSPS) is 15.8. The maximum atomic E-state index is 13.5. The van der Waals surface area contributed by atoms with E-state index in [2.05, 4.69) is 41.2 Å². The predicted molar refractivity (Wildman–Crippen MR) is 131 cm³/mol. The lowest BCUT2D eigenvalue weighted by Crippen LogP contribution is -2.37. The Morgan fingerprint density at radius 2 is 1.88 bits per heavy atom. The van der Waals surface area contributed by atoms with Crippen molar-refractivity contribution >= 4 is 22.7 Å². The van der Waals surface area contributed by atoms with Crippen molar-refractivity contribution in [3.63, 3.8) is 0 Å². The van der Waals surface area contributed by atoms with Gasteiger partial charge in [-0.3, -0.25) is 4.79 Å². The van der Waals surface area contributed by atoms with Crippen molar-refractivity contribution in [3.05, 3.63) is 70.9 Å². The van der Waals surface area contributed by atoms with Crippen LogP contribution < -0.4 is 10.6 Å². The fourth-order valence-corrected chi connectivity index (χ4v) is 4.68. The Kier molecular flexibility index (Phi) is 7.26. The highest BCUT2D eigenvalue weighted by atomic mass is 16.5. The molecule has 174 valence electrons. The number of fused-ring (bicyclic) bond motifs is 3. The topological polar surface area (TPSA) is 72.4 Å². The largest absolute Gasteiger partial charge is 0.465 e. The number of hydrogen-bond donors (Lipinski definition) is 2. The highest BCUT2D eigenvalue weighted by molar-refractivity contribution is 6.11. The van der Waals surface area contributed by atoms with Crippen molar-refractivity contribution in [2.75, 3.05) is 26.7 Å². The maximum absolute atomic E-state index is 13.5. The number of nitrogens with zero attached hydrogens (tertiary/aromatic N) is 1. The minimum absolute atomic E-state index is 0.00939. The molecule has 0 radical (unpaired) electrons. The van der Waals surface area contributed by atoms with Crippen molar-refractivity contribution in [2.24, 2.45) is 5.92 Å². The summed E-state index contributed by atoms with van der Waals surface area (Å²) in [6.07, 6.45) is 1.74. The van der Waals surface area contributed by atoms with Gasteiger partial charge in [-0.05, 0) is 36.6 Å². The first-order chi connectivity index (χ1) is 16.0. The molecule has 0 amide bonds. The molecule has 0 saturated heterocycles. The van der Waals surface area contributed by atoms with E-state index in [1.807, 2.05) is 24.3 Å². The minimum Gasteiger partial charge on any atom is -0.465 e. The maximum Gasteiger partial charge on any atom is 0.337 e. The van der Waals surface area contributed by atoms with Gasteiger partial charge in [-0.15, -0.1) is 0 Å². The average molecular weight is 448 g/mol. The molecule has 1 heterocycles. The zero-order valence-electron chi connectivity index (χ0n) is 19.7. The van der Waals surface area contributed by atoms with Crippen molar-refractivity contribution in [3.8, 4) is 0 Å². The summed E-state index contributed by atoms with van der Waals surface area (Å²) in [7, 11) is 1.39. The van der Waals surface area contributed by atoms with E-state index in [1.54, 1.807) is 12.1 Å². The molecule has 1 atom stereocenters. The molecule has 1 aliphatic carbocycles. The first-order valence-electron chi connectivity index (χ1n) is 11.7. The van der Waals surface area contributed by atoms with Gasteiger partial charge in [0.1, 0.15) is 0 Å². The Morgan fingerprint density at radius 3 is 2.61 bits per heavy atom. The predicted octanol–water partition coefficient (Wildman–Crippen LogP) is 3.81. The van der Waals surface area contributed by atoms with Crippen LogP contribution in [0.1, 0.15) is 52.2 Å². The SMILES string of the molecule is COC(=O)c1ccc(Cn2c3c(c4ccccc42)C(=O)C(CNCCNC(C)C)CC3)cc1. The van der Waals surface area contributed by atoms with E-state index in [1.165, 1.54) is 7.11 Å². The quantitative estimate of drug-likeness (QED) is 0.386. The number of benzene rings is 2. The van der Waals surface area contributed by atoms with Crippen molar-refractivity contribution < 1.29 is 14.3 Å². The van der Waals surface area contributed by atoms with Gasteiger partial charge in [0.05, 0.1) is 12.7 Å². The van der Waals surface area contributed by atoms with Crippen LogP contribution in [0.25, 0.3) is 10.9 Å². The number of hydrogen-bond acceptors (Lipinski definition) is 5. The number of carbonyl (C=O) groups excluding carboxylic acids is 2. The van der Waals surface area contributed by atoms with Crippen LogP contribution in [0.4, 0.5) is 0 Å². The van der Waals surface area contributed by atoms with E-state index in [9.17, 15) is 9.59 Å². The summed E-state index contributed by atoms with van der Waals surface area (Å²) >= 11 is 0. The fourth-order valence-electron chi connectivity index (χ4n) is 4.68. The molecule has 0 spiro atoms. The molecule has 3 aromatic rings. The Bertz CT molecular complexity index is 1130. The molecular formula is C27H33N3O3. The highest BCUT2D eigenvalue weighted by Crippen LogP contribution is 2.34. The third-order valence-electron chi connectivity index (χ3n) is 6.39. The molecule has 1 aliphatic rings. The smallest absolute Gasteiger partial charge is 0.337 e. The molecule has 0 saturated carbocycles. The lowest BCUT2D eigenvalue weighted by atomic mass is 9.85. The van der Waals surface area contributed by atoms with Crippen molar-refractivity contribution in [1.82, 2.24) is 15.2 Å². The van der Waals surface area contributed by atoms with E-state index in [0.717, 1.165) is 53.7 Å². The number of aromatic nitrogens is 1. The number of nitrogens with one attached hydrogen (secondary N) is 2. The lowest BCUT2D eigenvalue weighted by molar-refractivity contribution is 0.0600. The van der Waals surface area contributed by atoms with Crippen LogP contribution in [0, 0.1) is 5.92 Å². The molecule has 0 fully saturated rings. The summed E-state index contributed by atoms with van der Waals surface area (Å²) in [6.45, 7) is 7.40. The van der Waals surface area contributed by atoms with E-state index in [-0.39, 0.29) is 17.7 Å². The fraction of sp³-hybridized carbons (Fsp3) is 0.407. The van der Waals surface area contributed by atoms with Crippen LogP contribution in [0.5, 0.6) is 0 Å². The number of Topliss-reactive ketones (excluding diaryl/α,β-unsaturated/α-hetero) is 1. The number of ether oxygens (including phenoxy) is 1. The Labute approximate surface area is 195 Å². The molecule has 1 unspecified atom stereocenters. The molecule has 1 aromatic heterocycles. The Balaban J connectivity index is 1.55. The zero-order valence-corrected chi connectivity index (χ0v) is 19.7. The summed E-state index contributed by atoms with van der Waals surface area (Å²) in [5.41, 5.74) is 4.71. The average Bonchev–Trinajstić information content (AvgIpc) is 3.14. The van der Waals surface area contributed by atoms with Gasteiger partial charge in [-0.1, -0.05) is 44.2 Å². The number of esters is 1. The number of methoxy groups -OCH3 is 1. The van der Waals surface area contributed by atoms with Gasteiger partial charge in [0.2, 0.25) is 0 Å². The minimum atomic E-state index is -0.337. The summed E-state index contributed by atoms with van der Waals surface area (Å²) in [5.74, 6) is -0.0812. The molecule has 2 aromatic carbocycles. The van der Waals surface area contributed by atoms with E-state index in [0.29, 0.717) is 24.7 Å². The second kappa shape index (κ2) is 10.3. The highest BCUT2D eigenvalue weighted by Gasteiger charge is 2.32. The summed E-state index contributed by atoms with van der Waals surface area (Å²) in [6, 6.07) is 16.1. The third-order valence-corrected chi connectivity index (χ3v) is 6.39. The Morgan fingerprint density at radius 1 is 1.12 bits per heavy atom. The molecule has 33 heavy (non-hydrogen) atoms. The number of ketones is 1.